The molecular formula is C10H23N3O2S. The second kappa shape index (κ2) is 5.44. The average Bonchev–Trinajstić information content (AvgIpc) is 2.56. The second-order valence-corrected chi connectivity index (χ2v) is 6.68. The highest BCUT2D eigenvalue weighted by atomic mass is 32.2. The van der Waals surface area contributed by atoms with E-state index in [2.05, 4.69) is 0 Å². The van der Waals surface area contributed by atoms with Gasteiger partial charge in [0, 0.05) is 32.7 Å². The van der Waals surface area contributed by atoms with Crippen LogP contribution in [0.3, 0.4) is 0 Å². The summed E-state index contributed by atoms with van der Waals surface area (Å²) in [5.41, 5.74) is 5.84. The molecule has 2 atom stereocenters. The van der Waals surface area contributed by atoms with E-state index in [4.69, 9.17) is 5.73 Å². The summed E-state index contributed by atoms with van der Waals surface area (Å²) in [4.78, 5) is 0. The van der Waals surface area contributed by atoms with Crippen LogP contribution in [0, 0.1) is 5.92 Å². The van der Waals surface area contributed by atoms with Crippen LogP contribution in [0.5, 0.6) is 0 Å². The first-order chi connectivity index (χ1) is 7.39. The van der Waals surface area contributed by atoms with Crippen LogP contribution in [0.25, 0.3) is 0 Å². The van der Waals surface area contributed by atoms with Gasteiger partial charge in [-0.2, -0.15) is 17.0 Å². The molecule has 1 heterocycles. The molecule has 0 aromatic carbocycles. The van der Waals surface area contributed by atoms with Gasteiger partial charge < -0.3 is 5.73 Å². The second-order valence-electron chi connectivity index (χ2n) is 4.64. The summed E-state index contributed by atoms with van der Waals surface area (Å²) in [7, 11) is -1.65. The summed E-state index contributed by atoms with van der Waals surface area (Å²) in [6.07, 6.45) is 1.89. The van der Waals surface area contributed by atoms with Gasteiger partial charge in [-0.3, -0.25) is 0 Å². The fourth-order valence-electron chi connectivity index (χ4n) is 1.83. The van der Waals surface area contributed by atoms with E-state index in [1.165, 1.54) is 8.61 Å². The monoisotopic (exact) mass is 249 g/mol. The topological polar surface area (TPSA) is 66.6 Å². The maximum Gasteiger partial charge on any atom is 0.281 e. The number of hydrogen-bond acceptors (Lipinski definition) is 3. The Morgan fingerprint density at radius 3 is 2.50 bits per heavy atom. The molecule has 96 valence electrons. The first-order valence-corrected chi connectivity index (χ1v) is 7.26. The first kappa shape index (κ1) is 13.9. The van der Waals surface area contributed by atoms with Gasteiger partial charge in [0.15, 0.2) is 0 Å². The number of nitrogens with zero attached hydrogens (tertiary/aromatic N) is 2. The van der Waals surface area contributed by atoms with Crippen molar-refractivity contribution in [3.63, 3.8) is 0 Å². The molecule has 0 saturated carbocycles. The Labute approximate surface area is 98.8 Å². The average molecular weight is 249 g/mol. The van der Waals surface area contributed by atoms with Crippen LogP contribution in [0.15, 0.2) is 0 Å². The zero-order valence-electron chi connectivity index (χ0n) is 10.4. The van der Waals surface area contributed by atoms with Crippen LogP contribution >= 0.6 is 0 Å². The Balaban J connectivity index is 2.64. The zero-order valence-corrected chi connectivity index (χ0v) is 11.2. The molecule has 1 fully saturated rings. The van der Waals surface area contributed by atoms with E-state index in [-0.39, 0.29) is 12.0 Å². The number of unbranched alkanes of at least 4 members (excludes halogenated alkanes) is 1. The van der Waals surface area contributed by atoms with Gasteiger partial charge in [0.25, 0.3) is 10.2 Å². The van der Waals surface area contributed by atoms with E-state index in [1.807, 2.05) is 13.8 Å². The van der Waals surface area contributed by atoms with Crippen molar-refractivity contribution in [1.29, 1.82) is 0 Å². The Morgan fingerprint density at radius 1 is 1.44 bits per heavy atom. The molecule has 6 heteroatoms. The van der Waals surface area contributed by atoms with Crippen molar-refractivity contribution in [2.24, 2.45) is 11.7 Å². The Morgan fingerprint density at radius 2 is 2.06 bits per heavy atom. The smallest absolute Gasteiger partial charge is 0.281 e. The lowest BCUT2D eigenvalue weighted by atomic mass is 10.1. The predicted octanol–water partition coefficient (Wildman–Crippen LogP) is 0.242. The van der Waals surface area contributed by atoms with Crippen LogP contribution in [0.1, 0.15) is 26.7 Å². The summed E-state index contributed by atoms with van der Waals surface area (Å²) < 4.78 is 27.2. The normalized spacial score (nSPS) is 27.8. The van der Waals surface area contributed by atoms with E-state index in [1.54, 1.807) is 7.05 Å². The van der Waals surface area contributed by atoms with Crippen LogP contribution in [-0.4, -0.2) is 49.8 Å². The third-order valence-electron chi connectivity index (χ3n) is 3.18. The highest BCUT2D eigenvalue weighted by Gasteiger charge is 2.36. The molecule has 1 saturated heterocycles. The Bertz CT molecular complexity index is 308. The summed E-state index contributed by atoms with van der Waals surface area (Å²) >= 11 is 0. The minimum Gasteiger partial charge on any atom is -0.326 e. The summed E-state index contributed by atoms with van der Waals surface area (Å²) in [5.74, 6) is 0.245. The lowest BCUT2D eigenvalue weighted by Gasteiger charge is -2.23. The Hall–Kier alpha value is -0.170. The van der Waals surface area contributed by atoms with E-state index >= 15 is 0 Å². The molecule has 2 N–H and O–H groups in total. The molecule has 0 radical (unpaired) electrons. The van der Waals surface area contributed by atoms with E-state index in [0.717, 1.165) is 12.8 Å². The van der Waals surface area contributed by atoms with Crippen molar-refractivity contribution in [3.8, 4) is 0 Å². The zero-order chi connectivity index (χ0) is 12.3. The number of nitrogens with two attached hydrogens (primary N) is 1. The molecule has 0 bridgehead atoms. The first-order valence-electron chi connectivity index (χ1n) is 5.86. The number of hydrogen-bond donors (Lipinski definition) is 1. The van der Waals surface area contributed by atoms with Gasteiger partial charge >= 0.3 is 0 Å². The van der Waals surface area contributed by atoms with Crippen LogP contribution in [-0.2, 0) is 10.2 Å². The molecular weight excluding hydrogens is 226 g/mol. The molecule has 0 aliphatic carbocycles. The van der Waals surface area contributed by atoms with Crippen LogP contribution in [0.4, 0.5) is 0 Å². The van der Waals surface area contributed by atoms with E-state index in [9.17, 15) is 8.42 Å². The van der Waals surface area contributed by atoms with Gasteiger partial charge in [0.2, 0.25) is 0 Å². The molecule has 0 aromatic rings. The largest absolute Gasteiger partial charge is 0.326 e. The maximum absolute atomic E-state index is 12.1. The van der Waals surface area contributed by atoms with Gasteiger partial charge in [-0.15, -0.1) is 0 Å². The van der Waals surface area contributed by atoms with Gasteiger partial charge in [-0.05, 0) is 12.3 Å². The highest BCUT2D eigenvalue weighted by molar-refractivity contribution is 7.86. The minimum atomic E-state index is -3.29. The third-order valence-corrected chi connectivity index (χ3v) is 5.10. The molecule has 1 aliphatic rings. The highest BCUT2D eigenvalue weighted by Crippen LogP contribution is 2.19. The predicted molar refractivity (Wildman–Crippen MR) is 65.2 cm³/mol. The fraction of sp³-hybridized carbons (Fsp3) is 1.00. The Kier molecular flexibility index (Phi) is 4.73. The minimum absolute atomic E-state index is 0.0330. The van der Waals surface area contributed by atoms with Crippen molar-refractivity contribution >= 4 is 10.2 Å². The van der Waals surface area contributed by atoms with Crippen molar-refractivity contribution in [3.05, 3.63) is 0 Å². The molecule has 0 amide bonds. The van der Waals surface area contributed by atoms with Gasteiger partial charge in [-0.1, -0.05) is 20.3 Å². The maximum atomic E-state index is 12.1. The van der Waals surface area contributed by atoms with Crippen molar-refractivity contribution in [1.82, 2.24) is 8.61 Å². The molecule has 5 nitrogen and oxygen atoms in total. The van der Waals surface area contributed by atoms with Gasteiger partial charge in [0.1, 0.15) is 0 Å². The third kappa shape index (κ3) is 2.94. The summed E-state index contributed by atoms with van der Waals surface area (Å²) in [6, 6.07) is -0.0330. The van der Waals surface area contributed by atoms with Gasteiger partial charge in [-0.25, -0.2) is 0 Å². The summed E-state index contributed by atoms with van der Waals surface area (Å²) in [6.45, 7) is 5.61. The van der Waals surface area contributed by atoms with Crippen molar-refractivity contribution in [2.75, 3.05) is 26.7 Å². The van der Waals surface area contributed by atoms with Crippen LogP contribution in [0.2, 0.25) is 0 Å². The number of rotatable bonds is 5. The van der Waals surface area contributed by atoms with E-state index < -0.39 is 10.2 Å². The van der Waals surface area contributed by atoms with E-state index in [0.29, 0.717) is 19.6 Å². The fourth-order valence-corrected chi connectivity index (χ4v) is 3.37. The molecule has 0 spiro atoms. The summed E-state index contributed by atoms with van der Waals surface area (Å²) in [5, 5.41) is 0. The SMILES string of the molecule is CCCCN(C)S(=O)(=O)N1CC(C)C(N)C1. The molecule has 1 aliphatic heterocycles. The lowest BCUT2D eigenvalue weighted by molar-refractivity contribution is 0.385. The molecule has 0 aromatic heterocycles. The molecule has 2 unspecified atom stereocenters. The van der Waals surface area contributed by atoms with Crippen molar-refractivity contribution in [2.45, 2.75) is 32.7 Å². The van der Waals surface area contributed by atoms with Gasteiger partial charge in [0.05, 0.1) is 0 Å². The molecule has 1 rings (SSSR count). The standard InChI is InChI=1S/C10H23N3O2S/c1-4-5-6-12(3)16(14,15)13-7-9(2)10(11)8-13/h9-10H,4-8,11H2,1-3H3. The molecule has 16 heavy (non-hydrogen) atoms. The quantitative estimate of drug-likeness (QED) is 0.759. The van der Waals surface area contributed by atoms with Crippen molar-refractivity contribution < 1.29 is 8.42 Å². The van der Waals surface area contributed by atoms with Crippen LogP contribution < -0.4 is 5.73 Å². The lowest BCUT2D eigenvalue weighted by Crippen LogP contribution is -2.42.